The summed E-state index contributed by atoms with van der Waals surface area (Å²) in [6.45, 7) is 0. The number of rotatable bonds is 11. The molecule has 0 amide bonds. The van der Waals surface area contributed by atoms with Gasteiger partial charge in [0.2, 0.25) is 0 Å². The Bertz CT molecular complexity index is 1210. The Balaban J connectivity index is 2.46. The Kier molecular flexibility index (Phi) is 8.96. The normalized spacial score (nSPS) is 13.9. The Morgan fingerprint density at radius 2 is 1.06 bits per heavy atom. The van der Waals surface area contributed by atoms with Crippen molar-refractivity contribution in [3.8, 4) is 0 Å². The van der Waals surface area contributed by atoms with Gasteiger partial charge in [-0.15, -0.1) is 0 Å². The van der Waals surface area contributed by atoms with E-state index in [1.165, 1.54) is 24.3 Å². The van der Waals surface area contributed by atoms with E-state index in [2.05, 4.69) is 0 Å². The van der Waals surface area contributed by atoms with E-state index in [0.29, 0.717) is 0 Å². The molecule has 2 aromatic carbocycles. The lowest BCUT2D eigenvalue weighted by molar-refractivity contribution is -0.384. The van der Waals surface area contributed by atoms with E-state index in [4.69, 9.17) is 23.2 Å². The predicted octanol–water partition coefficient (Wildman–Crippen LogP) is 4.23. The molecule has 0 fully saturated rings. The first-order valence-electron chi connectivity index (χ1n) is 9.35. The number of nitro benzene ring substituents is 2. The van der Waals surface area contributed by atoms with Crippen molar-refractivity contribution >= 4 is 54.8 Å². The van der Waals surface area contributed by atoms with Gasteiger partial charge in [-0.2, -0.15) is 16.8 Å². The molecule has 186 valence electrons. The highest BCUT2D eigenvalue weighted by atomic mass is 35.5. The minimum atomic E-state index is -4.56. The second kappa shape index (κ2) is 10.9. The SMILES string of the molecule is O=[N+]([O-])c1cc([C@@H](CC[C@@H](CS(=O)(=O)O)c2ccc(Cl)c([N+](=O)[O-])c2)CS(=O)(=O)O)ccc1Cl. The maximum atomic E-state index is 11.6. The van der Waals surface area contributed by atoms with Crippen LogP contribution in [0.2, 0.25) is 10.0 Å². The van der Waals surface area contributed by atoms with Gasteiger partial charge in [0, 0.05) is 24.0 Å². The Morgan fingerprint density at radius 1 is 0.735 bits per heavy atom. The molecule has 0 saturated heterocycles. The summed E-state index contributed by atoms with van der Waals surface area (Å²) in [5.41, 5.74) is -0.715. The third kappa shape index (κ3) is 8.14. The first-order chi connectivity index (χ1) is 15.6. The second-order valence-corrected chi connectivity index (χ2v) is 11.2. The van der Waals surface area contributed by atoms with Gasteiger partial charge in [-0.3, -0.25) is 29.3 Å². The third-order valence-electron chi connectivity index (χ3n) is 4.96. The van der Waals surface area contributed by atoms with Crippen molar-refractivity contribution in [3.63, 3.8) is 0 Å². The second-order valence-electron chi connectivity index (χ2n) is 7.40. The Morgan fingerprint density at radius 3 is 1.32 bits per heavy atom. The number of nitro groups is 2. The van der Waals surface area contributed by atoms with Crippen LogP contribution >= 0.6 is 23.2 Å². The Hall–Kier alpha value is -2.36. The van der Waals surface area contributed by atoms with Gasteiger partial charge in [0.1, 0.15) is 10.0 Å². The largest absolute Gasteiger partial charge is 0.288 e. The molecule has 0 aliphatic carbocycles. The van der Waals surface area contributed by atoms with Crippen molar-refractivity contribution in [2.24, 2.45) is 0 Å². The summed E-state index contributed by atoms with van der Waals surface area (Å²) in [5.74, 6) is -3.75. The molecule has 0 bridgehead atoms. The highest BCUT2D eigenvalue weighted by molar-refractivity contribution is 7.86. The monoisotopic (exact) mass is 556 g/mol. The molecule has 12 nitrogen and oxygen atoms in total. The average molecular weight is 557 g/mol. The van der Waals surface area contributed by atoms with Crippen LogP contribution in [0, 0.1) is 20.2 Å². The van der Waals surface area contributed by atoms with Crippen molar-refractivity contribution in [1.29, 1.82) is 0 Å². The van der Waals surface area contributed by atoms with Crippen LogP contribution in [0.25, 0.3) is 0 Å². The Labute approximate surface area is 204 Å². The summed E-state index contributed by atoms with van der Waals surface area (Å²) in [6, 6.07) is 7.12. The summed E-state index contributed by atoms with van der Waals surface area (Å²) >= 11 is 11.6. The number of halogens is 2. The molecule has 2 aromatic rings. The molecule has 2 N–H and O–H groups in total. The van der Waals surface area contributed by atoms with Gasteiger partial charge in [0.15, 0.2) is 0 Å². The van der Waals surface area contributed by atoms with E-state index in [-0.39, 0.29) is 34.0 Å². The number of hydrogen-bond acceptors (Lipinski definition) is 8. The lowest BCUT2D eigenvalue weighted by atomic mass is 9.88. The zero-order chi connectivity index (χ0) is 25.8. The fourth-order valence-electron chi connectivity index (χ4n) is 3.45. The molecule has 0 aliphatic heterocycles. The highest BCUT2D eigenvalue weighted by Gasteiger charge is 2.27. The molecular weight excluding hydrogens is 539 g/mol. The van der Waals surface area contributed by atoms with Crippen LogP contribution < -0.4 is 0 Å². The topological polar surface area (TPSA) is 195 Å². The van der Waals surface area contributed by atoms with Gasteiger partial charge in [0.05, 0.1) is 21.4 Å². The van der Waals surface area contributed by atoms with Crippen molar-refractivity contribution in [1.82, 2.24) is 0 Å². The van der Waals surface area contributed by atoms with Gasteiger partial charge in [-0.05, 0) is 36.1 Å². The summed E-state index contributed by atoms with van der Waals surface area (Å²) in [5, 5.41) is 22.0. The highest BCUT2D eigenvalue weighted by Crippen LogP contribution is 2.36. The van der Waals surface area contributed by atoms with Crippen LogP contribution in [0.5, 0.6) is 0 Å². The van der Waals surface area contributed by atoms with Crippen LogP contribution in [0.3, 0.4) is 0 Å². The number of benzene rings is 2. The lowest BCUT2D eigenvalue weighted by Crippen LogP contribution is -2.18. The van der Waals surface area contributed by atoms with Gasteiger partial charge >= 0.3 is 0 Å². The van der Waals surface area contributed by atoms with Gasteiger partial charge in [-0.25, -0.2) is 0 Å². The maximum absolute atomic E-state index is 11.6. The smallest absolute Gasteiger partial charge is 0.286 e. The molecule has 0 radical (unpaired) electrons. The minimum absolute atomic E-state index is 0.130. The van der Waals surface area contributed by atoms with E-state index in [1.54, 1.807) is 0 Å². The summed E-state index contributed by atoms with van der Waals surface area (Å²) in [6.07, 6.45) is -0.260. The molecule has 0 unspecified atom stereocenters. The van der Waals surface area contributed by atoms with E-state index in [9.17, 15) is 46.2 Å². The predicted molar refractivity (Wildman–Crippen MR) is 124 cm³/mol. The zero-order valence-corrected chi connectivity index (χ0v) is 20.2. The van der Waals surface area contributed by atoms with Crippen LogP contribution in [0.15, 0.2) is 36.4 Å². The van der Waals surface area contributed by atoms with Crippen LogP contribution in [0.4, 0.5) is 11.4 Å². The van der Waals surface area contributed by atoms with E-state index in [0.717, 1.165) is 12.1 Å². The number of hydrogen-bond donors (Lipinski definition) is 2. The van der Waals surface area contributed by atoms with Gasteiger partial charge in [0.25, 0.3) is 31.6 Å². The summed E-state index contributed by atoms with van der Waals surface area (Å²) in [4.78, 5) is 20.8. The molecule has 0 saturated carbocycles. The molecular formula is C18H18Cl2N2O10S2. The average Bonchev–Trinajstić information content (AvgIpc) is 2.68. The summed E-state index contributed by atoms with van der Waals surface area (Å²) < 4.78 is 65.0. The molecule has 0 aromatic heterocycles. The van der Waals surface area contributed by atoms with Crippen molar-refractivity contribution in [2.45, 2.75) is 24.7 Å². The van der Waals surface area contributed by atoms with Crippen molar-refractivity contribution in [2.75, 3.05) is 11.5 Å². The number of nitrogens with zero attached hydrogens (tertiary/aromatic N) is 2. The molecule has 0 heterocycles. The quantitative estimate of drug-likeness (QED) is 0.229. The van der Waals surface area contributed by atoms with Gasteiger partial charge in [-0.1, -0.05) is 35.3 Å². The van der Waals surface area contributed by atoms with E-state index >= 15 is 0 Å². The van der Waals surface area contributed by atoms with Crippen LogP contribution in [0.1, 0.15) is 35.8 Å². The first kappa shape index (κ1) is 27.9. The van der Waals surface area contributed by atoms with Crippen molar-refractivity contribution < 1.29 is 35.8 Å². The molecule has 2 rings (SSSR count). The maximum Gasteiger partial charge on any atom is 0.288 e. The standard InChI is InChI=1S/C18H18Cl2N2O10S2/c19-15-5-3-11(7-17(15)21(23)24)13(9-33(27,28)29)1-2-14(10-34(30,31)32)12-4-6-16(20)18(8-12)22(25)26/h3-8,13-14H,1-2,9-10H2,(H,27,28,29)(H,30,31,32)/t13-,14-/m0/s1. The van der Waals surface area contributed by atoms with E-state index in [1.807, 2.05) is 0 Å². The molecule has 2 atom stereocenters. The molecule has 0 aliphatic rings. The van der Waals surface area contributed by atoms with Crippen LogP contribution in [-0.2, 0) is 20.2 Å². The summed E-state index contributed by atoms with van der Waals surface area (Å²) in [7, 11) is -9.13. The molecule has 0 spiro atoms. The zero-order valence-electron chi connectivity index (χ0n) is 17.1. The fourth-order valence-corrected chi connectivity index (χ4v) is 5.56. The van der Waals surface area contributed by atoms with Crippen LogP contribution in [-0.4, -0.2) is 47.3 Å². The fraction of sp³-hybridized carbons (Fsp3) is 0.333. The van der Waals surface area contributed by atoms with Crippen molar-refractivity contribution in [3.05, 3.63) is 77.8 Å². The molecule has 16 heteroatoms. The van der Waals surface area contributed by atoms with E-state index < -0.39 is 64.8 Å². The third-order valence-corrected chi connectivity index (χ3v) is 7.25. The van der Waals surface area contributed by atoms with Gasteiger partial charge < -0.3 is 0 Å². The molecule has 34 heavy (non-hydrogen) atoms. The lowest BCUT2D eigenvalue weighted by Gasteiger charge is -2.21. The minimum Gasteiger partial charge on any atom is -0.286 e. The first-order valence-corrected chi connectivity index (χ1v) is 13.3.